The topological polar surface area (TPSA) is 89.8 Å². The van der Waals surface area contributed by atoms with E-state index >= 15 is 0 Å². The van der Waals surface area contributed by atoms with Crippen LogP contribution in [0, 0.1) is 0 Å². The van der Waals surface area contributed by atoms with Crippen LogP contribution in [0.2, 0.25) is 0 Å². The average Bonchev–Trinajstić information content (AvgIpc) is 2.90. The maximum absolute atomic E-state index is 11.9. The Morgan fingerprint density at radius 3 is 2.87 bits per heavy atom. The van der Waals surface area contributed by atoms with Gasteiger partial charge in [0.05, 0.1) is 6.54 Å². The molecule has 8 heteroatoms. The first-order chi connectivity index (χ1) is 10.8. The minimum Gasteiger partial charge on any atom is -0.364 e. The quantitative estimate of drug-likeness (QED) is 0.913. The Labute approximate surface area is 136 Å². The Balaban J connectivity index is 1.81. The number of rotatable bonds is 4. The molecule has 1 atom stereocenters. The fraction of sp³-hybridized carbons (Fsp3) is 0.533. The zero-order chi connectivity index (χ0) is 16.6. The van der Waals surface area contributed by atoms with Gasteiger partial charge in [-0.25, -0.2) is 23.1 Å². The van der Waals surface area contributed by atoms with Gasteiger partial charge in [0.1, 0.15) is 16.5 Å². The SMILES string of the molecule is CC(C)c1nc2n(n1)CC(Nc1ncccc1S(C)(=O)=O)CC2. The van der Waals surface area contributed by atoms with E-state index in [1.165, 1.54) is 6.26 Å². The van der Waals surface area contributed by atoms with Gasteiger partial charge in [0, 0.05) is 30.8 Å². The summed E-state index contributed by atoms with van der Waals surface area (Å²) in [5.41, 5.74) is 0. The van der Waals surface area contributed by atoms with Crippen LogP contribution in [0.5, 0.6) is 0 Å². The number of hydrogen-bond acceptors (Lipinski definition) is 6. The number of aromatic nitrogens is 4. The van der Waals surface area contributed by atoms with E-state index in [1.807, 2.05) is 4.68 Å². The van der Waals surface area contributed by atoms with Gasteiger partial charge < -0.3 is 5.32 Å². The van der Waals surface area contributed by atoms with Crippen LogP contribution in [0.1, 0.15) is 37.8 Å². The lowest BCUT2D eigenvalue weighted by molar-refractivity contribution is 0.438. The van der Waals surface area contributed by atoms with Crippen LogP contribution in [0.15, 0.2) is 23.2 Å². The Morgan fingerprint density at radius 2 is 2.17 bits per heavy atom. The number of fused-ring (bicyclic) bond motifs is 1. The lowest BCUT2D eigenvalue weighted by Gasteiger charge is -2.24. The summed E-state index contributed by atoms with van der Waals surface area (Å²) < 4.78 is 25.6. The second kappa shape index (κ2) is 5.92. The molecule has 0 radical (unpaired) electrons. The summed E-state index contributed by atoms with van der Waals surface area (Å²) in [6.45, 7) is 4.81. The molecular formula is C15H21N5O2S. The highest BCUT2D eigenvalue weighted by Crippen LogP contribution is 2.23. The van der Waals surface area contributed by atoms with Crippen molar-refractivity contribution in [2.45, 2.75) is 50.1 Å². The smallest absolute Gasteiger partial charge is 0.179 e. The summed E-state index contributed by atoms with van der Waals surface area (Å²) in [7, 11) is -3.31. The zero-order valence-corrected chi connectivity index (χ0v) is 14.3. The highest BCUT2D eigenvalue weighted by molar-refractivity contribution is 7.90. The maximum Gasteiger partial charge on any atom is 0.179 e. The van der Waals surface area contributed by atoms with Crippen LogP contribution in [0.25, 0.3) is 0 Å². The molecule has 1 N–H and O–H groups in total. The van der Waals surface area contributed by atoms with Crippen LogP contribution in [-0.2, 0) is 22.8 Å². The Bertz CT molecular complexity index is 813. The summed E-state index contributed by atoms with van der Waals surface area (Å²) in [5, 5.41) is 7.80. The molecule has 3 rings (SSSR count). The molecule has 2 aromatic heterocycles. The first kappa shape index (κ1) is 15.9. The van der Waals surface area contributed by atoms with Gasteiger partial charge in [0.2, 0.25) is 0 Å². The fourth-order valence-electron chi connectivity index (χ4n) is 2.68. The third kappa shape index (κ3) is 3.36. The van der Waals surface area contributed by atoms with Crippen LogP contribution in [0.4, 0.5) is 5.82 Å². The lowest BCUT2D eigenvalue weighted by atomic mass is 10.1. The maximum atomic E-state index is 11.9. The molecule has 1 aliphatic rings. The predicted octanol–water partition coefficient (Wildman–Crippen LogP) is 1.63. The van der Waals surface area contributed by atoms with E-state index in [9.17, 15) is 8.42 Å². The van der Waals surface area contributed by atoms with Crippen molar-refractivity contribution in [3.05, 3.63) is 30.0 Å². The number of nitrogens with zero attached hydrogens (tertiary/aromatic N) is 4. The molecule has 0 aliphatic carbocycles. The van der Waals surface area contributed by atoms with Crippen molar-refractivity contribution >= 4 is 15.7 Å². The first-order valence-corrected chi connectivity index (χ1v) is 9.59. The Kier molecular flexibility index (Phi) is 4.09. The number of sulfone groups is 1. The molecular weight excluding hydrogens is 314 g/mol. The van der Waals surface area contributed by atoms with E-state index in [-0.39, 0.29) is 10.9 Å². The summed E-state index contributed by atoms with van der Waals surface area (Å²) in [5.74, 6) is 2.56. The van der Waals surface area contributed by atoms with Crippen molar-refractivity contribution in [2.24, 2.45) is 0 Å². The highest BCUT2D eigenvalue weighted by atomic mass is 32.2. The monoisotopic (exact) mass is 335 g/mol. The van der Waals surface area contributed by atoms with E-state index in [1.54, 1.807) is 18.3 Å². The van der Waals surface area contributed by atoms with Crippen molar-refractivity contribution < 1.29 is 8.42 Å². The van der Waals surface area contributed by atoms with E-state index in [0.29, 0.717) is 18.3 Å². The van der Waals surface area contributed by atoms with Crippen LogP contribution in [-0.4, -0.2) is 40.5 Å². The van der Waals surface area contributed by atoms with E-state index in [4.69, 9.17) is 0 Å². The molecule has 2 aromatic rings. The number of pyridine rings is 1. The standard InChI is InChI=1S/C15H21N5O2S/c1-10(2)14-18-13-7-6-11(9-20(13)19-14)17-15-12(23(3,21)22)5-4-8-16-15/h4-5,8,10-11H,6-7,9H2,1-3H3,(H,16,17). The van der Waals surface area contributed by atoms with Gasteiger partial charge in [-0.2, -0.15) is 5.10 Å². The summed E-state index contributed by atoms with van der Waals surface area (Å²) in [6.07, 6.45) is 4.48. The molecule has 0 fully saturated rings. The van der Waals surface area contributed by atoms with E-state index < -0.39 is 9.84 Å². The summed E-state index contributed by atoms with van der Waals surface area (Å²) in [6, 6.07) is 3.29. The largest absolute Gasteiger partial charge is 0.364 e. The number of nitrogens with one attached hydrogen (secondary N) is 1. The number of hydrogen-bond donors (Lipinski definition) is 1. The van der Waals surface area contributed by atoms with Crippen LogP contribution >= 0.6 is 0 Å². The van der Waals surface area contributed by atoms with Gasteiger partial charge in [0.15, 0.2) is 15.7 Å². The molecule has 0 saturated heterocycles. The predicted molar refractivity (Wildman–Crippen MR) is 87.2 cm³/mol. The Hall–Kier alpha value is -1.96. The number of aryl methyl sites for hydroxylation is 1. The first-order valence-electron chi connectivity index (χ1n) is 7.70. The van der Waals surface area contributed by atoms with Crippen molar-refractivity contribution in [3.63, 3.8) is 0 Å². The molecule has 1 aliphatic heterocycles. The molecule has 1 unspecified atom stereocenters. The third-order valence-corrected chi connectivity index (χ3v) is 5.03. The second-order valence-electron chi connectivity index (χ2n) is 6.23. The molecule has 0 spiro atoms. The van der Waals surface area contributed by atoms with Gasteiger partial charge in [-0.15, -0.1) is 0 Å². The van der Waals surface area contributed by atoms with E-state index in [0.717, 1.165) is 24.5 Å². The second-order valence-corrected chi connectivity index (χ2v) is 8.21. The zero-order valence-electron chi connectivity index (χ0n) is 13.5. The summed E-state index contributed by atoms with van der Waals surface area (Å²) in [4.78, 5) is 8.98. The molecule has 0 bridgehead atoms. The van der Waals surface area contributed by atoms with E-state index in [2.05, 4.69) is 34.2 Å². The van der Waals surface area contributed by atoms with Gasteiger partial charge in [0.25, 0.3) is 0 Å². The fourth-order valence-corrected chi connectivity index (χ4v) is 3.47. The van der Waals surface area contributed by atoms with Gasteiger partial charge in [-0.3, -0.25) is 0 Å². The van der Waals surface area contributed by atoms with Crippen molar-refractivity contribution in [2.75, 3.05) is 11.6 Å². The molecule has 3 heterocycles. The minimum absolute atomic E-state index is 0.0830. The molecule has 0 saturated carbocycles. The summed E-state index contributed by atoms with van der Waals surface area (Å²) >= 11 is 0. The minimum atomic E-state index is -3.31. The molecule has 0 aromatic carbocycles. The van der Waals surface area contributed by atoms with Gasteiger partial charge in [-0.05, 0) is 18.6 Å². The highest BCUT2D eigenvalue weighted by Gasteiger charge is 2.24. The number of anilines is 1. The van der Waals surface area contributed by atoms with Gasteiger partial charge >= 0.3 is 0 Å². The van der Waals surface area contributed by atoms with Crippen LogP contribution < -0.4 is 5.32 Å². The molecule has 124 valence electrons. The van der Waals surface area contributed by atoms with Gasteiger partial charge in [-0.1, -0.05) is 13.8 Å². The average molecular weight is 335 g/mol. The lowest BCUT2D eigenvalue weighted by Crippen LogP contribution is -2.32. The molecule has 23 heavy (non-hydrogen) atoms. The van der Waals surface area contributed by atoms with Crippen molar-refractivity contribution in [3.8, 4) is 0 Å². The third-order valence-electron chi connectivity index (χ3n) is 3.90. The van der Waals surface area contributed by atoms with Crippen molar-refractivity contribution in [1.82, 2.24) is 19.7 Å². The molecule has 0 amide bonds. The Morgan fingerprint density at radius 1 is 1.39 bits per heavy atom. The van der Waals surface area contributed by atoms with Crippen LogP contribution in [0.3, 0.4) is 0 Å². The van der Waals surface area contributed by atoms with Crippen molar-refractivity contribution in [1.29, 1.82) is 0 Å². The normalized spacial score (nSPS) is 18.0. The molecule has 7 nitrogen and oxygen atoms in total.